The molecule has 3 fully saturated rings. The van der Waals surface area contributed by atoms with Crippen molar-refractivity contribution in [1.82, 2.24) is 24.3 Å². The molecule has 34 heavy (non-hydrogen) atoms. The minimum atomic E-state index is -3.86. The first-order valence-corrected chi connectivity index (χ1v) is 13.2. The second-order valence-corrected chi connectivity index (χ2v) is 11.7. The van der Waals surface area contributed by atoms with Gasteiger partial charge in [-0.05, 0) is 25.8 Å². The molecule has 0 radical (unpaired) electrons. The van der Waals surface area contributed by atoms with Crippen LogP contribution in [0.15, 0.2) is 23.4 Å². The Morgan fingerprint density at radius 1 is 1.29 bits per heavy atom. The van der Waals surface area contributed by atoms with Crippen LogP contribution in [0.1, 0.15) is 31.2 Å². The fraction of sp³-hybridized carbons (Fsp3) is 0.550. The van der Waals surface area contributed by atoms with E-state index >= 15 is 0 Å². The number of alkyl halides is 2. The summed E-state index contributed by atoms with van der Waals surface area (Å²) in [5.74, 6) is 0.253. The third-order valence-corrected chi connectivity index (χ3v) is 9.01. The topological polar surface area (TPSA) is 111 Å². The lowest BCUT2D eigenvalue weighted by Gasteiger charge is -2.38. The van der Waals surface area contributed by atoms with Crippen LogP contribution in [0.3, 0.4) is 0 Å². The average Bonchev–Trinajstić information content (AvgIpc) is 3.26. The standard InChI is InChI=1S/C20H22F2N6O4S2/c1-20(2-3-20)26-34(29,30)11-6-12(27-4-5-32-15-10-31-9-14(15)27)13-7-23-17(28(13)8-11)19-25-24-18(33-19)16(21)22/h6-8,14-16,26H,2-5,9-10H2,1H3/t14-,15+/m1/s1. The first kappa shape index (κ1) is 22.2. The molecule has 14 heteroatoms. The summed E-state index contributed by atoms with van der Waals surface area (Å²) in [4.78, 5) is 6.56. The number of hydrogen-bond donors (Lipinski definition) is 1. The molecule has 0 spiro atoms. The van der Waals surface area contributed by atoms with Gasteiger partial charge in [-0.1, -0.05) is 11.3 Å². The number of halogens is 2. The molecule has 0 unspecified atom stereocenters. The summed E-state index contributed by atoms with van der Waals surface area (Å²) < 4.78 is 68.7. The van der Waals surface area contributed by atoms with Gasteiger partial charge in [0.05, 0.1) is 43.3 Å². The van der Waals surface area contributed by atoms with Crippen LogP contribution in [0.2, 0.25) is 0 Å². The highest BCUT2D eigenvalue weighted by atomic mass is 32.2. The number of ether oxygens (including phenoxy) is 2. The molecule has 3 aromatic heterocycles. The number of fused-ring (bicyclic) bond motifs is 2. The number of aromatic nitrogens is 4. The van der Waals surface area contributed by atoms with Crippen LogP contribution in [0, 0.1) is 0 Å². The second-order valence-electron chi connectivity index (χ2n) is 9.02. The van der Waals surface area contributed by atoms with Gasteiger partial charge in [-0.15, -0.1) is 10.2 Å². The molecule has 5 heterocycles. The maximum Gasteiger partial charge on any atom is 0.291 e. The highest BCUT2D eigenvalue weighted by molar-refractivity contribution is 7.89. The van der Waals surface area contributed by atoms with Crippen LogP contribution >= 0.6 is 11.3 Å². The Labute approximate surface area is 197 Å². The Balaban J connectivity index is 1.51. The quantitative estimate of drug-likeness (QED) is 0.535. The van der Waals surface area contributed by atoms with Crippen LogP contribution in [0.4, 0.5) is 14.5 Å². The molecule has 0 amide bonds. The van der Waals surface area contributed by atoms with Gasteiger partial charge < -0.3 is 14.4 Å². The van der Waals surface area contributed by atoms with Crippen molar-refractivity contribution in [3.63, 3.8) is 0 Å². The molecular weight excluding hydrogens is 490 g/mol. The number of morpholine rings is 1. The molecule has 2 saturated heterocycles. The molecule has 1 N–H and O–H groups in total. The third-order valence-electron chi connectivity index (χ3n) is 6.48. The molecule has 3 aromatic rings. The third kappa shape index (κ3) is 3.77. The van der Waals surface area contributed by atoms with Crippen molar-refractivity contribution in [2.75, 3.05) is 31.3 Å². The van der Waals surface area contributed by atoms with Crippen molar-refractivity contribution >= 4 is 32.6 Å². The molecule has 1 aliphatic carbocycles. The molecule has 182 valence electrons. The summed E-state index contributed by atoms with van der Waals surface area (Å²) in [6, 6.07) is 1.56. The fourth-order valence-corrected chi connectivity index (χ4v) is 6.59. The van der Waals surface area contributed by atoms with E-state index < -0.39 is 27.0 Å². The fourth-order valence-electron chi connectivity index (χ4n) is 4.42. The zero-order valence-corrected chi connectivity index (χ0v) is 19.8. The SMILES string of the molecule is CC1(NS(=O)(=O)c2cc(N3CCO[C@H]4COC[C@H]43)c3cnc(-c4nnc(C(F)F)s4)n3c2)CC1. The van der Waals surface area contributed by atoms with Crippen molar-refractivity contribution in [2.24, 2.45) is 0 Å². The highest BCUT2D eigenvalue weighted by Crippen LogP contribution is 2.38. The smallest absolute Gasteiger partial charge is 0.291 e. The molecule has 2 atom stereocenters. The zero-order valence-electron chi connectivity index (χ0n) is 18.1. The van der Waals surface area contributed by atoms with E-state index in [1.807, 2.05) is 6.92 Å². The Hall–Kier alpha value is -2.26. The van der Waals surface area contributed by atoms with Crippen LogP contribution < -0.4 is 9.62 Å². The van der Waals surface area contributed by atoms with E-state index in [2.05, 4.69) is 24.8 Å². The van der Waals surface area contributed by atoms with Crippen molar-refractivity contribution in [1.29, 1.82) is 0 Å². The Kier molecular flexibility index (Phi) is 5.15. The normalized spacial score (nSPS) is 24.2. The lowest BCUT2D eigenvalue weighted by atomic mass is 10.1. The van der Waals surface area contributed by atoms with E-state index in [1.165, 1.54) is 6.20 Å². The highest BCUT2D eigenvalue weighted by Gasteiger charge is 2.42. The Morgan fingerprint density at radius 2 is 2.12 bits per heavy atom. The van der Waals surface area contributed by atoms with Gasteiger partial charge in [-0.25, -0.2) is 26.9 Å². The summed E-state index contributed by atoms with van der Waals surface area (Å²) >= 11 is 0.730. The van der Waals surface area contributed by atoms with Crippen molar-refractivity contribution in [2.45, 2.75) is 48.8 Å². The van der Waals surface area contributed by atoms with E-state index in [1.54, 1.807) is 16.7 Å². The largest absolute Gasteiger partial charge is 0.376 e. The van der Waals surface area contributed by atoms with Gasteiger partial charge in [0.15, 0.2) is 15.8 Å². The molecule has 1 saturated carbocycles. The summed E-state index contributed by atoms with van der Waals surface area (Å²) in [6.07, 6.45) is 1.73. The monoisotopic (exact) mass is 512 g/mol. The Morgan fingerprint density at radius 3 is 2.85 bits per heavy atom. The Bertz CT molecular complexity index is 1360. The summed E-state index contributed by atoms with van der Waals surface area (Å²) in [5, 5.41) is 7.19. The number of hydrogen-bond acceptors (Lipinski definition) is 9. The summed E-state index contributed by atoms with van der Waals surface area (Å²) in [6.45, 7) is 3.81. The van der Waals surface area contributed by atoms with Gasteiger partial charge in [-0.2, -0.15) is 0 Å². The minimum Gasteiger partial charge on any atom is -0.376 e. The molecule has 10 nitrogen and oxygen atoms in total. The van der Waals surface area contributed by atoms with Crippen molar-refractivity contribution in [3.8, 4) is 10.8 Å². The number of sulfonamides is 1. The number of imidazole rings is 1. The predicted octanol–water partition coefficient (Wildman–Crippen LogP) is 2.23. The van der Waals surface area contributed by atoms with Gasteiger partial charge >= 0.3 is 0 Å². The molecule has 0 bridgehead atoms. The molecular formula is C20H22F2N6O4S2. The first-order chi connectivity index (χ1) is 16.2. The number of nitrogens with zero attached hydrogens (tertiary/aromatic N) is 5. The predicted molar refractivity (Wildman–Crippen MR) is 119 cm³/mol. The van der Waals surface area contributed by atoms with Crippen LogP contribution in [0.5, 0.6) is 0 Å². The van der Waals surface area contributed by atoms with Crippen LogP contribution in [-0.2, 0) is 19.5 Å². The molecule has 0 aromatic carbocycles. The zero-order chi connectivity index (χ0) is 23.7. The van der Waals surface area contributed by atoms with Crippen LogP contribution in [-0.4, -0.2) is 72.0 Å². The summed E-state index contributed by atoms with van der Waals surface area (Å²) in [5.41, 5.74) is 0.832. The first-order valence-electron chi connectivity index (χ1n) is 10.9. The van der Waals surface area contributed by atoms with E-state index in [0.717, 1.165) is 24.2 Å². The van der Waals surface area contributed by atoms with Gasteiger partial charge in [0.2, 0.25) is 10.0 Å². The molecule has 3 aliphatic rings. The van der Waals surface area contributed by atoms with E-state index in [9.17, 15) is 17.2 Å². The number of rotatable bonds is 6. The van der Waals surface area contributed by atoms with Gasteiger partial charge in [0, 0.05) is 18.3 Å². The lowest BCUT2D eigenvalue weighted by molar-refractivity contribution is 0.0225. The van der Waals surface area contributed by atoms with Crippen LogP contribution in [0.25, 0.3) is 16.3 Å². The van der Waals surface area contributed by atoms with Crippen molar-refractivity contribution in [3.05, 3.63) is 23.5 Å². The van der Waals surface area contributed by atoms with Gasteiger partial charge in [0.1, 0.15) is 11.0 Å². The summed E-state index contributed by atoms with van der Waals surface area (Å²) in [7, 11) is -3.86. The van der Waals surface area contributed by atoms with Gasteiger partial charge in [0.25, 0.3) is 6.43 Å². The van der Waals surface area contributed by atoms with E-state index in [-0.39, 0.29) is 27.9 Å². The molecule has 2 aliphatic heterocycles. The maximum atomic E-state index is 13.3. The average molecular weight is 513 g/mol. The lowest BCUT2D eigenvalue weighted by Crippen LogP contribution is -2.51. The molecule has 6 rings (SSSR count). The van der Waals surface area contributed by atoms with E-state index in [4.69, 9.17) is 9.47 Å². The van der Waals surface area contributed by atoms with E-state index in [0.29, 0.717) is 37.6 Å². The minimum absolute atomic E-state index is 0.0583. The number of nitrogens with one attached hydrogen (secondary N) is 1. The number of anilines is 1. The van der Waals surface area contributed by atoms with Crippen molar-refractivity contribution < 1.29 is 26.7 Å². The maximum absolute atomic E-state index is 13.3. The number of pyridine rings is 1. The second kappa shape index (κ2) is 7.88. The van der Waals surface area contributed by atoms with Gasteiger partial charge in [-0.3, -0.25) is 4.40 Å².